The number of hydrogen-bond acceptors (Lipinski definition) is 7. The lowest BCUT2D eigenvalue weighted by molar-refractivity contribution is -0.116. The number of likely N-dealkylation sites (N-methyl/N-ethyl adjacent to an activating group) is 1. The molecule has 0 aliphatic carbocycles. The zero-order valence-electron chi connectivity index (χ0n) is 18.7. The predicted molar refractivity (Wildman–Crippen MR) is 134 cm³/mol. The van der Waals surface area contributed by atoms with Crippen LogP contribution in [-0.2, 0) is 11.2 Å². The third-order valence-electron chi connectivity index (χ3n) is 5.26. The summed E-state index contributed by atoms with van der Waals surface area (Å²) in [4.78, 5) is 19.6. The van der Waals surface area contributed by atoms with Gasteiger partial charge in [0.2, 0.25) is 0 Å². The number of fused-ring (bicyclic) bond motifs is 1. The van der Waals surface area contributed by atoms with Crippen LogP contribution in [0.1, 0.15) is 12.5 Å². The molecule has 4 aromatic rings. The Balaban J connectivity index is 1.29. The van der Waals surface area contributed by atoms with Crippen molar-refractivity contribution in [3.05, 3.63) is 78.4 Å². The zero-order chi connectivity index (χ0) is 23.2. The van der Waals surface area contributed by atoms with E-state index < -0.39 is 0 Å². The maximum atomic E-state index is 12.2. The van der Waals surface area contributed by atoms with Gasteiger partial charge in [-0.15, -0.1) is 11.8 Å². The van der Waals surface area contributed by atoms with Crippen LogP contribution in [0.3, 0.4) is 0 Å². The number of aromatic nitrogens is 1. The highest BCUT2D eigenvalue weighted by molar-refractivity contribution is 8.00. The van der Waals surface area contributed by atoms with Crippen molar-refractivity contribution in [1.82, 2.24) is 4.98 Å². The maximum absolute atomic E-state index is 12.2. The highest BCUT2D eigenvalue weighted by Gasteiger charge is 2.17. The van der Waals surface area contributed by atoms with Gasteiger partial charge in [0.1, 0.15) is 23.7 Å². The quantitative estimate of drug-likeness (QED) is 0.256. The number of carbonyl (C=O) groups excluding carboxylic acids is 1. The van der Waals surface area contributed by atoms with E-state index in [0.717, 1.165) is 27.3 Å². The van der Waals surface area contributed by atoms with Gasteiger partial charge in [-0.3, -0.25) is 4.79 Å². The van der Waals surface area contributed by atoms with Crippen LogP contribution in [0, 0.1) is 0 Å². The fourth-order valence-electron chi connectivity index (χ4n) is 3.33. The third kappa shape index (κ3) is 6.08. The van der Waals surface area contributed by atoms with Crippen LogP contribution in [0.15, 0.2) is 82.1 Å². The maximum Gasteiger partial charge on any atom is 0.298 e. The molecule has 33 heavy (non-hydrogen) atoms. The molecule has 6 nitrogen and oxygen atoms in total. The molecule has 0 radical (unpaired) electrons. The molecule has 0 fully saturated rings. The molecule has 1 heterocycles. The fourth-order valence-corrected chi connectivity index (χ4v) is 4.40. The number of ketones is 1. The van der Waals surface area contributed by atoms with Gasteiger partial charge in [0.15, 0.2) is 5.58 Å². The second-order valence-electron chi connectivity index (χ2n) is 7.87. The molecule has 7 heteroatoms. The molecule has 0 aliphatic heterocycles. The van der Waals surface area contributed by atoms with Crippen molar-refractivity contribution in [3.8, 4) is 5.75 Å². The van der Waals surface area contributed by atoms with E-state index in [-0.39, 0.29) is 11.0 Å². The molecule has 3 aromatic carbocycles. The molecule has 0 amide bonds. The Morgan fingerprint density at radius 3 is 2.52 bits per heavy atom. The number of nitrogen functional groups attached to an aromatic ring is 1. The number of rotatable bonds is 10. The largest absolute Gasteiger partial charge is 0.492 e. The van der Waals surface area contributed by atoms with Crippen molar-refractivity contribution in [3.63, 3.8) is 0 Å². The van der Waals surface area contributed by atoms with E-state index in [9.17, 15) is 4.79 Å². The van der Waals surface area contributed by atoms with Crippen molar-refractivity contribution in [2.45, 2.75) is 23.5 Å². The Hall–Kier alpha value is -3.45. The van der Waals surface area contributed by atoms with Gasteiger partial charge in [0.25, 0.3) is 6.01 Å². The van der Waals surface area contributed by atoms with E-state index in [1.165, 1.54) is 0 Å². The predicted octanol–water partition coefficient (Wildman–Crippen LogP) is 5.22. The van der Waals surface area contributed by atoms with Crippen LogP contribution in [-0.4, -0.2) is 36.2 Å². The van der Waals surface area contributed by atoms with Gasteiger partial charge in [0.05, 0.1) is 11.8 Å². The molecule has 0 spiro atoms. The van der Waals surface area contributed by atoms with Gasteiger partial charge in [0, 0.05) is 17.6 Å². The summed E-state index contributed by atoms with van der Waals surface area (Å²) in [6.07, 6.45) is 0.658. The van der Waals surface area contributed by atoms with Gasteiger partial charge in [-0.2, -0.15) is 4.98 Å². The standard InChI is InChI=1S/C26H27N3O3S/c1-18(30)25(33-22-13-9-20(27)10-14-22)17-19-7-11-21(12-8-19)31-16-15-29(2)26-28-23-5-3-4-6-24(23)32-26/h3-14,25H,15-17,27H2,1-2H3. The number of ether oxygens (including phenoxy) is 1. The van der Waals surface area contributed by atoms with Crippen molar-refractivity contribution in [1.29, 1.82) is 0 Å². The van der Waals surface area contributed by atoms with Crippen molar-refractivity contribution in [2.24, 2.45) is 0 Å². The van der Waals surface area contributed by atoms with Crippen LogP contribution in [0.2, 0.25) is 0 Å². The fraction of sp³-hybridized carbons (Fsp3) is 0.231. The lowest BCUT2D eigenvalue weighted by atomic mass is 10.1. The first-order valence-corrected chi connectivity index (χ1v) is 11.7. The number of nitrogens with two attached hydrogens (primary N) is 1. The van der Waals surface area contributed by atoms with E-state index in [2.05, 4.69) is 4.98 Å². The number of carbonyl (C=O) groups is 1. The van der Waals surface area contributed by atoms with Crippen LogP contribution < -0.4 is 15.4 Å². The van der Waals surface area contributed by atoms with Crippen molar-refractivity contribution < 1.29 is 13.9 Å². The first kappa shape index (κ1) is 22.7. The normalized spacial score (nSPS) is 11.9. The number of thioether (sulfide) groups is 1. The third-order valence-corrected chi connectivity index (χ3v) is 6.59. The summed E-state index contributed by atoms with van der Waals surface area (Å²) in [5, 5.41) is -0.148. The van der Waals surface area contributed by atoms with E-state index >= 15 is 0 Å². The lowest BCUT2D eigenvalue weighted by Crippen LogP contribution is -2.24. The smallest absolute Gasteiger partial charge is 0.298 e. The number of nitrogens with zero attached hydrogens (tertiary/aromatic N) is 2. The molecule has 2 N–H and O–H groups in total. The lowest BCUT2D eigenvalue weighted by Gasteiger charge is -2.16. The highest BCUT2D eigenvalue weighted by Crippen LogP contribution is 2.28. The zero-order valence-corrected chi connectivity index (χ0v) is 19.5. The minimum absolute atomic E-state index is 0.148. The average Bonchev–Trinajstić information content (AvgIpc) is 3.25. The monoisotopic (exact) mass is 461 g/mol. The van der Waals surface area contributed by atoms with Gasteiger partial charge < -0.3 is 19.8 Å². The number of para-hydroxylation sites is 2. The van der Waals surface area contributed by atoms with Crippen LogP contribution in [0.5, 0.6) is 5.75 Å². The summed E-state index contributed by atoms with van der Waals surface area (Å²) in [7, 11) is 1.93. The summed E-state index contributed by atoms with van der Waals surface area (Å²) in [5.74, 6) is 0.940. The first-order chi connectivity index (χ1) is 16.0. The molecule has 0 aliphatic rings. The summed E-state index contributed by atoms with van der Waals surface area (Å²) in [5.41, 5.74) is 9.18. The molecule has 0 bridgehead atoms. The molecular weight excluding hydrogens is 434 g/mol. The number of Topliss-reactive ketones (excluding diaryl/α,β-unsaturated/α-hetero) is 1. The molecule has 0 saturated carbocycles. The molecule has 0 saturated heterocycles. The number of benzene rings is 3. The number of anilines is 2. The van der Waals surface area contributed by atoms with E-state index in [1.807, 2.05) is 84.7 Å². The Morgan fingerprint density at radius 2 is 1.82 bits per heavy atom. The highest BCUT2D eigenvalue weighted by atomic mass is 32.2. The van der Waals surface area contributed by atoms with Crippen LogP contribution in [0.4, 0.5) is 11.7 Å². The molecular formula is C26H27N3O3S. The summed E-state index contributed by atoms with van der Waals surface area (Å²) >= 11 is 1.56. The van der Waals surface area contributed by atoms with Gasteiger partial charge in [-0.1, -0.05) is 24.3 Å². The molecule has 1 atom stereocenters. The van der Waals surface area contributed by atoms with Crippen molar-refractivity contribution >= 4 is 40.3 Å². The van der Waals surface area contributed by atoms with E-state index in [1.54, 1.807) is 18.7 Å². The first-order valence-electron chi connectivity index (χ1n) is 10.8. The van der Waals surface area contributed by atoms with Crippen molar-refractivity contribution in [2.75, 3.05) is 30.8 Å². The van der Waals surface area contributed by atoms with Gasteiger partial charge in [-0.25, -0.2) is 0 Å². The van der Waals surface area contributed by atoms with Crippen LogP contribution >= 0.6 is 11.8 Å². The number of oxazole rings is 1. The minimum atomic E-state index is -0.148. The number of hydrogen-bond donors (Lipinski definition) is 1. The van der Waals surface area contributed by atoms with Crippen LogP contribution in [0.25, 0.3) is 11.1 Å². The summed E-state index contributed by atoms with van der Waals surface area (Å²) in [6.45, 7) is 2.77. The van der Waals surface area contributed by atoms with Gasteiger partial charge in [-0.05, 0) is 67.4 Å². The Bertz CT molecular complexity index is 1170. The van der Waals surface area contributed by atoms with E-state index in [0.29, 0.717) is 31.3 Å². The molecule has 4 rings (SSSR count). The minimum Gasteiger partial charge on any atom is -0.492 e. The summed E-state index contributed by atoms with van der Waals surface area (Å²) < 4.78 is 11.7. The second-order valence-corrected chi connectivity index (χ2v) is 9.14. The molecule has 1 unspecified atom stereocenters. The Kier molecular flexibility index (Phi) is 7.19. The SMILES string of the molecule is CC(=O)C(Cc1ccc(OCCN(C)c2nc3ccccc3o2)cc1)Sc1ccc(N)cc1. The molecule has 170 valence electrons. The Morgan fingerprint density at radius 1 is 1.09 bits per heavy atom. The average molecular weight is 462 g/mol. The second kappa shape index (κ2) is 10.4. The van der Waals surface area contributed by atoms with E-state index in [4.69, 9.17) is 14.9 Å². The molecule has 1 aromatic heterocycles. The Labute approximate surface area is 197 Å². The van der Waals surface area contributed by atoms with Gasteiger partial charge >= 0.3 is 0 Å². The topological polar surface area (TPSA) is 81.6 Å². The summed E-state index contributed by atoms with van der Waals surface area (Å²) in [6, 6.07) is 23.8.